The molecule has 0 aliphatic heterocycles. The summed E-state index contributed by atoms with van der Waals surface area (Å²) >= 11 is 0. The van der Waals surface area contributed by atoms with E-state index in [1.165, 1.54) is 6.92 Å². The molecule has 1 aromatic carbocycles. The van der Waals surface area contributed by atoms with Crippen LogP contribution in [0.2, 0.25) is 0 Å². The minimum atomic E-state index is -1.66. The Hall–Kier alpha value is -5.30. The zero-order chi connectivity index (χ0) is 45.9. The van der Waals surface area contributed by atoms with E-state index in [2.05, 4.69) is 42.5 Å². The van der Waals surface area contributed by atoms with E-state index in [9.17, 15) is 53.7 Å². The van der Waals surface area contributed by atoms with E-state index in [-0.39, 0.29) is 71.1 Å². The zero-order valence-electron chi connectivity index (χ0n) is 34.8. The van der Waals surface area contributed by atoms with Crippen molar-refractivity contribution in [3.05, 3.63) is 35.9 Å². The molecule has 23 nitrogen and oxygen atoms in total. The molecule has 8 amide bonds. The van der Waals surface area contributed by atoms with Crippen molar-refractivity contribution in [2.24, 2.45) is 22.9 Å². The number of hydrogen-bond acceptors (Lipinski definition) is 15. The maximum atomic E-state index is 13.8. The van der Waals surface area contributed by atoms with Crippen molar-refractivity contribution in [1.29, 1.82) is 0 Å². The Kier molecular flexibility index (Phi) is 26.3. The summed E-state index contributed by atoms with van der Waals surface area (Å²) in [5, 5.41) is 50.9. The van der Waals surface area contributed by atoms with E-state index in [0.717, 1.165) is 0 Å². The minimum Gasteiger partial charge on any atom is -0.394 e. The van der Waals surface area contributed by atoms with Crippen molar-refractivity contribution in [3.63, 3.8) is 0 Å². The molecular weight excluding hydrogens is 800 g/mol. The van der Waals surface area contributed by atoms with Crippen molar-refractivity contribution in [2.75, 3.05) is 39.3 Å². The lowest BCUT2D eigenvalue weighted by molar-refractivity contribution is -0.133. The van der Waals surface area contributed by atoms with Crippen LogP contribution >= 0.6 is 0 Å². The average Bonchev–Trinajstić information content (AvgIpc) is 3.20. The summed E-state index contributed by atoms with van der Waals surface area (Å²) in [5.41, 5.74) is 22.9. The van der Waals surface area contributed by atoms with Gasteiger partial charge in [-0.05, 0) is 70.6 Å². The molecule has 1 unspecified atom stereocenters. The first-order valence-corrected chi connectivity index (χ1v) is 20.2. The number of hydrogen-bond donors (Lipinski definition) is 15. The van der Waals surface area contributed by atoms with Gasteiger partial charge in [0.15, 0.2) is 0 Å². The number of aliphatic hydroxyl groups excluding tert-OH is 3. The Labute approximate surface area is 355 Å². The topological polar surface area (TPSA) is 398 Å². The molecule has 0 aliphatic carbocycles. The van der Waals surface area contributed by atoms with Crippen molar-refractivity contribution >= 4 is 47.3 Å². The number of carbonyl (C=O) groups excluding carboxylic acids is 8. The normalized spacial score (nSPS) is 15.0. The summed E-state index contributed by atoms with van der Waals surface area (Å²) in [4.78, 5) is 102. The first-order chi connectivity index (χ1) is 29.0. The summed E-state index contributed by atoms with van der Waals surface area (Å²) < 4.78 is 0. The van der Waals surface area contributed by atoms with Crippen LogP contribution in [-0.4, -0.2) is 150 Å². The van der Waals surface area contributed by atoms with Gasteiger partial charge in [-0.2, -0.15) is 0 Å². The Morgan fingerprint density at radius 2 is 1.20 bits per heavy atom. The molecule has 61 heavy (non-hydrogen) atoms. The predicted octanol–water partition coefficient (Wildman–Crippen LogP) is -6.35. The van der Waals surface area contributed by atoms with E-state index in [0.29, 0.717) is 12.0 Å². The van der Waals surface area contributed by atoms with Crippen molar-refractivity contribution < 1.29 is 53.7 Å². The summed E-state index contributed by atoms with van der Waals surface area (Å²) in [7, 11) is 0. The van der Waals surface area contributed by atoms with Gasteiger partial charge in [-0.25, -0.2) is 0 Å². The summed E-state index contributed by atoms with van der Waals surface area (Å²) in [6.07, 6.45) is -2.49. The number of nitrogens with one attached hydrogen (secondary N) is 8. The lowest BCUT2D eigenvalue weighted by atomic mass is 10.0. The number of benzene rings is 1. The number of primary amides is 1. The Bertz CT molecular complexity index is 1560. The van der Waals surface area contributed by atoms with Gasteiger partial charge in [0, 0.05) is 13.0 Å². The lowest BCUT2D eigenvalue weighted by Gasteiger charge is -2.30. The molecule has 1 rings (SSSR count). The van der Waals surface area contributed by atoms with Crippen LogP contribution in [0.5, 0.6) is 0 Å². The quantitative estimate of drug-likeness (QED) is 0.0309. The first kappa shape index (κ1) is 53.7. The van der Waals surface area contributed by atoms with Gasteiger partial charge in [-0.15, -0.1) is 0 Å². The van der Waals surface area contributed by atoms with Crippen LogP contribution in [0.15, 0.2) is 30.3 Å². The number of amides is 8. The molecule has 8 atom stereocenters. The van der Waals surface area contributed by atoms with Crippen LogP contribution in [0.1, 0.15) is 64.4 Å². The van der Waals surface area contributed by atoms with Gasteiger partial charge in [-0.1, -0.05) is 37.3 Å². The Morgan fingerprint density at radius 3 is 1.77 bits per heavy atom. The van der Waals surface area contributed by atoms with Gasteiger partial charge in [0.1, 0.15) is 30.4 Å². The van der Waals surface area contributed by atoms with E-state index in [1.807, 2.05) is 0 Å². The SMILES string of the molecule is CCCC(=O)N[C@H](CO)C(=O)N[C@@H](CCNC(=O)C[C@@H](C)O)C(=O)N[C@@H](CCN)C(O)N[C@H](Cc1ccccc1)C(=O)NCC(=O)N[C@@H](CCN)C(=O)N[C@@H](CCN)C(N)=O. The van der Waals surface area contributed by atoms with Crippen LogP contribution < -0.4 is 65.5 Å². The van der Waals surface area contributed by atoms with Gasteiger partial charge in [0.25, 0.3) is 0 Å². The van der Waals surface area contributed by atoms with E-state index < -0.39 is 109 Å². The molecule has 0 fully saturated rings. The number of nitrogens with two attached hydrogens (primary N) is 4. The largest absolute Gasteiger partial charge is 0.394 e. The third-order valence-electron chi connectivity index (χ3n) is 8.98. The molecule has 19 N–H and O–H groups in total. The van der Waals surface area contributed by atoms with Gasteiger partial charge >= 0.3 is 0 Å². The number of rotatable bonds is 31. The molecule has 0 spiro atoms. The highest BCUT2D eigenvalue weighted by molar-refractivity contribution is 5.94. The van der Waals surface area contributed by atoms with Gasteiger partial charge in [0.05, 0.1) is 37.8 Å². The fourth-order valence-corrected chi connectivity index (χ4v) is 5.79. The fraction of sp³-hybridized carbons (Fsp3) is 0.632. The maximum absolute atomic E-state index is 13.8. The molecule has 23 heteroatoms. The third kappa shape index (κ3) is 21.7. The molecule has 0 saturated heterocycles. The first-order valence-electron chi connectivity index (χ1n) is 20.2. The minimum absolute atomic E-state index is 0.0143. The number of aliphatic hydroxyl groups is 3. The van der Waals surface area contributed by atoms with E-state index in [1.54, 1.807) is 37.3 Å². The third-order valence-corrected chi connectivity index (χ3v) is 8.98. The van der Waals surface area contributed by atoms with Gasteiger partial charge < -0.3 is 75.5 Å². The Balaban J connectivity index is 3.24. The highest BCUT2D eigenvalue weighted by atomic mass is 16.3. The highest BCUT2D eigenvalue weighted by Gasteiger charge is 2.32. The summed E-state index contributed by atoms with van der Waals surface area (Å²) in [6.45, 7) is 1.58. The molecule has 0 aromatic heterocycles. The second-order valence-corrected chi connectivity index (χ2v) is 14.3. The smallest absolute Gasteiger partial charge is 0.245 e. The second kappa shape index (κ2) is 29.8. The highest BCUT2D eigenvalue weighted by Crippen LogP contribution is 2.08. The van der Waals surface area contributed by atoms with E-state index >= 15 is 0 Å². The van der Waals surface area contributed by atoms with Gasteiger partial charge in [0.2, 0.25) is 47.3 Å². The molecule has 0 bridgehead atoms. The molecular formula is C38H66N12O11. The molecule has 0 radical (unpaired) electrons. The van der Waals surface area contributed by atoms with Crippen molar-refractivity contribution in [3.8, 4) is 0 Å². The average molecular weight is 867 g/mol. The molecule has 0 saturated carbocycles. The molecule has 0 aliphatic rings. The molecule has 0 heterocycles. The van der Waals surface area contributed by atoms with Crippen LogP contribution in [-0.2, 0) is 44.8 Å². The summed E-state index contributed by atoms with van der Waals surface area (Å²) in [5.74, 6) is -5.90. The second-order valence-electron chi connectivity index (χ2n) is 14.3. The Morgan fingerprint density at radius 1 is 0.639 bits per heavy atom. The van der Waals surface area contributed by atoms with Gasteiger partial charge in [-0.3, -0.25) is 43.7 Å². The molecule has 1 aromatic rings. The van der Waals surface area contributed by atoms with Crippen molar-refractivity contribution in [1.82, 2.24) is 42.5 Å². The maximum Gasteiger partial charge on any atom is 0.245 e. The monoisotopic (exact) mass is 866 g/mol. The molecule has 344 valence electrons. The van der Waals surface area contributed by atoms with Crippen molar-refractivity contribution in [2.45, 2.75) is 114 Å². The summed E-state index contributed by atoms with van der Waals surface area (Å²) in [6, 6.07) is 1.16. The van der Waals surface area contributed by atoms with Crippen LogP contribution in [0.4, 0.5) is 0 Å². The van der Waals surface area contributed by atoms with E-state index in [4.69, 9.17) is 22.9 Å². The van der Waals surface area contributed by atoms with Crippen LogP contribution in [0, 0.1) is 0 Å². The number of carbonyl (C=O) groups is 8. The zero-order valence-corrected chi connectivity index (χ0v) is 34.8. The lowest BCUT2D eigenvalue weighted by Crippen LogP contribution is -2.61. The van der Waals surface area contributed by atoms with Crippen LogP contribution in [0.3, 0.4) is 0 Å². The van der Waals surface area contributed by atoms with Crippen LogP contribution in [0.25, 0.3) is 0 Å². The fourth-order valence-electron chi connectivity index (χ4n) is 5.79. The standard InChI is InChI=1S/C38H66N12O11/c1-3-7-30(53)46-29(21-51)38(61)49-27(13-17-43-31(54)18-22(2)52)37(60)48-26(12-16-41)36(59)50-28(19-23-8-5-4-6-9-23)34(57)44-20-32(55)45-25(11-15-40)35(58)47-24(10-14-39)33(42)56/h4-6,8-9,22,24-29,36,50-52,59H,3,7,10-21,39-41H2,1-2H3,(H2,42,56)(H,43,54)(H,44,57)(H,45,55)(H,46,53)(H,47,58)(H,48,60)(H,49,61)/t22-,24+,25+,26+,27+,28-,29-,36?/m1/s1. The predicted molar refractivity (Wildman–Crippen MR) is 222 cm³/mol.